The molecule has 2 rings (SSSR count). The van der Waals surface area contributed by atoms with Gasteiger partial charge in [-0.15, -0.1) is 0 Å². The van der Waals surface area contributed by atoms with Gasteiger partial charge in [-0.05, 0) is 50.5 Å². The number of nitrogens with one attached hydrogen (secondary N) is 1. The van der Waals surface area contributed by atoms with E-state index in [1.165, 1.54) is 18.6 Å². The summed E-state index contributed by atoms with van der Waals surface area (Å²) < 4.78 is 5.20. The molecule has 1 N–H and O–H groups in total. The zero-order valence-corrected chi connectivity index (χ0v) is 14.9. The second-order valence-electron chi connectivity index (χ2n) is 6.17. The molecule has 5 heteroatoms. The molecule has 0 heterocycles. The van der Waals surface area contributed by atoms with Crippen molar-refractivity contribution in [2.24, 2.45) is 0 Å². The number of hydrogen-bond donors (Lipinski definition) is 1. The summed E-state index contributed by atoms with van der Waals surface area (Å²) in [5.41, 5.74) is 1.83. The molecule has 5 nitrogen and oxygen atoms in total. The first-order chi connectivity index (χ1) is 12.5. The molecular weight excluding hydrogens is 328 g/mol. The second-order valence-corrected chi connectivity index (χ2v) is 6.17. The van der Waals surface area contributed by atoms with Crippen molar-refractivity contribution in [3.05, 3.63) is 71.3 Å². The summed E-state index contributed by atoms with van der Waals surface area (Å²) in [5.74, 6) is -0.961. The molecule has 2 aromatic carbocycles. The van der Waals surface area contributed by atoms with E-state index in [0.717, 1.165) is 12.8 Å². The average Bonchev–Trinajstić information content (AvgIpc) is 2.67. The highest BCUT2D eigenvalue weighted by Crippen LogP contribution is 2.09. The smallest absolute Gasteiger partial charge is 0.338 e. The van der Waals surface area contributed by atoms with Crippen LogP contribution in [0.15, 0.2) is 54.6 Å². The molecule has 0 aliphatic heterocycles. The Morgan fingerprint density at radius 3 is 2.54 bits per heavy atom. The summed E-state index contributed by atoms with van der Waals surface area (Å²) in [4.78, 5) is 24.3. The highest BCUT2D eigenvalue weighted by Gasteiger charge is 2.20. The molecular formula is C21H22N2O3. The summed E-state index contributed by atoms with van der Waals surface area (Å²) >= 11 is 0. The lowest BCUT2D eigenvalue weighted by Crippen LogP contribution is -2.41. The lowest BCUT2D eigenvalue weighted by atomic mass is 10.1. The number of aryl methyl sites for hydroxylation is 1. The molecule has 0 bridgehead atoms. The maximum Gasteiger partial charge on any atom is 0.338 e. The Labute approximate surface area is 153 Å². The highest BCUT2D eigenvalue weighted by molar-refractivity contribution is 5.92. The van der Waals surface area contributed by atoms with Crippen molar-refractivity contribution in [3.8, 4) is 6.07 Å². The van der Waals surface area contributed by atoms with Crippen molar-refractivity contribution in [2.45, 2.75) is 38.8 Å². The molecule has 1 amide bonds. The first kappa shape index (κ1) is 19.2. The Morgan fingerprint density at radius 2 is 1.85 bits per heavy atom. The van der Waals surface area contributed by atoms with Crippen molar-refractivity contribution >= 4 is 11.9 Å². The zero-order chi connectivity index (χ0) is 18.9. The van der Waals surface area contributed by atoms with Crippen molar-refractivity contribution in [1.82, 2.24) is 5.32 Å². The Hall–Kier alpha value is -3.13. The van der Waals surface area contributed by atoms with E-state index in [4.69, 9.17) is 10.00 Å². The van der Waals surface area contributed by atoms with E-state index in [9.17, 15) is 9.59 Å². The second kappa shape index (κ2) is 9.38. The van der Waals surface area contributed by atoms with Crippen LogP contribution in [0.3, 0.4) is 0 Å². The van der Waals surface area contributed by atoms with E-state index in [2.05, 4.69) is 5.32 Å². The minimum absolute atomic E-state index is 0.0363. The van der Waals surface area contributed by atoms with Crippen LogP contribution in [0.5, 0.6) is 0 Å². The maximum atomic E-state index is 12.2. The normalized spacial score (nSPS) is 12.5. The van der Waals surface area contributed by atoms with E-state index < -0.39 is 12.1 Å². The fourth-order valence-electron chi connectivity index (χ4n) is 2.46. The topological polar surface area (TPSA) is 79.2 Å². The zero-order valence-electron chi connectivity index (χ0n) is 14.9. The molecule has 0 saturated heterocycles. The summed E-state index contributed by atoms with van der Waals surface area (Å²) in [7, 11) is 0. The van der Waals surface area contributed by atoms with E-state index in [1.807, 2.05) is 43.3 Å². The number of carbonyl (C=O) groups is 2. The predicted molar refractivity (Wildman–Crippen MR) is 98.4 cm³/mol. The standard InChI is InChI=1S/C21H22N2O3/c1-15(11-12-17-7-4-3-5-8-17)23-20(24)16(2)26-21(25)19-10-6-9-18(13-19)14-22/h3-10,13,15-16H,11-12H2,1-2H3,(H,23,24)/t15-,16+/m0/s1. The van der Waals surface area contributed by atoms with Gasteiger partial charge in [0.15, 0.2) is 6.10 Å². The molecule has 134 valence electrons. The third-order valence-electron chi connectivity index (χ3n) is 3.98. The summed E-state index contributed by atoms with van der Waals surface area (Å²) in [5, 5.41) is 11.7. The van der Waals surface area contributed by atoms with Crippen LogP contribution in [0.4, 0.5) is 0 Å². The molecule has 2 aromatic rings. The number of esters is 1. The molecule has 0 aliphatic carbocycles. The van der Waals surface area contributed by atoms with Gasteiger partial charge in [-0.1, -0.05) is 36.4 Å². The average molecular weight is 350 g/mol. The third-order valence-corrected chi connectivity index (χ3v) is 3.98. The van der Waals surface area contributed by atoms with Gasteiger partial charge < -0.3 is 10.1 Å². The number of ether oxygens (including phenoxy) is 1. The van der Waals surface area contributed by atoms with Crippen molar-refractivity contribution in [3.63, 3.8) is 0 Å². The fourth-order valence-corrected chi connectivity index (χ4v) is 2.46. The van der Waals surface area contributed by atoms with Gasteiger partial charge in [-0.2, -0.15) is 5.26 Å². The van der Waals surface area contributed by atoms with E-state index in [-0.39, 0.29) is 17.5 Å². The number of rotatable bonds is 7. The Kier molecular flexibility index (Phi) is 6.92. The van der Waals surface area contributed by atoms with Crippen LogP contribution >= 0.6 is 0 Å². The van der Waals surface area contributed by atoms with Crippen LogP contribution in [-0.4, -0.2) is 24.0 Å². The SMILES string of the molecule is C[C@@H](CCc1ccccc1)NC(=O)[C@@H](C)OC(=O)c1cccc(C#N)c1. The molecule has 0 saturated carbocycles. The first-order valence-electron chi connectivity index (χ1n) is 8.55. The van der Waals surface area contributed by atoms with Gasteiger partial charge in [0.1, 0.15) is 0 Å². The molecule has 0 aliphatic rings. The summed E-state index contributed by atoms with van der Waals surface area (Å²) in [6.45, 7) is 3.46. The highest BCUT2D eigenvalue weighted by atomic mass is 16.5. The number of benzene rings is 2. The van der Waals surface area contributed by atoms with Crippen LogP contribution in [0.2, 0.25) is 0 Å². The van der Waals surface area contributed by atoms with E-state index in [1.54, 1.807) is 18.2 Å². The third kappa shape index (κ3) is 5.75. The number of hydrogen-bond acceptors (Lipinski definition) is 4. The van der Waals surface area contributed by atoms with Crippen molar-refractivity contribution in [1.29, 1.82) is 5.26 Å². The van der Waals surface area contributed by atoms with E-state index >= 15 is 0 Å². The number of carbonyl (C=O) groups excluding carboxylic acids is 2. The van der Waals surface area contributed by atoms with Crippen molar-refractivity contribution in [2.75, 3.05) is 0 Å². The van der Waals surface area contributed by atoms with Crippen LogP contribution < -0.4 is 5.32 Å². The molecule has 0 radical (unpaired) electrons. The van der Waals surface area contributed by atoms with Gasteiger partial charge >= 0.3 is 5.97 Å². The van der Waals surface area contributed by atoms with Gasteiger partial charge in [0.2, 0.25) is 0 Å². The van der Waals surface area contributed by atoms with Crippen LogP contribution in [-0.2, 0) is 16.0 Å². The van der Waals surface area contributed by atoms with Gasteiger partial charge in [0.25, 0.3) is 5.91 Å². The van der Waals surface area contributed by atoms with Crippen LogP contribution in [0.1, 0.15) is 41.8 Å². The number of nitrogens with zero attached hydrogens (tertiary/aromatic N) is 1. The molecule has 2 atom stereocenters. The summed E-state index contributed by atoms with van der Waals surface area (Å²) in [6, 6.07) is 18.2. The quantitative estimate of drug-likeness (QED) is 0.778. The molecule has 0 unspecified atom stereocenters. The predicted octanol–water partition coefficient (Wildman–Crippen LogP) is 3.24. The van der Waals surface area contributed by atoms with Crippen LogP contribution in [0.25, 0.3) is 0 Å². The Bertz CT molecular complexity index is 796. The minimum atomic E-state index is -0.910. The number of amides is 1. The molecule has 0 spiro atoms. The molecule has 0 aromatic heterocycles. The molecule has 0 fully saturated rings. The number of nitriles is 1. The van der Waals surface area contributed by atoms with Crippen LogP contribution in [0, 0.1) is 11.3 Å². The van der Waals surface area contributed by atoms with E-state index in [0.29, 0.717) is 5.56 Å². The maximum absolute atomic E-state index is 12.2. The minimum Gasteiger partial charge on any atom is -0.449 e. The van der Waals surface area contributed by atoms with Gasteiger partial charge in [-0.25, -0.2) is 4.79 Å². The lowest BCUT2D eigenvalue weighted by Gasteiger charge is -2.18. The van der Waals surface area contributed by atoms with Gasteiger partial charge in [0.05, 0.1) is 17.2 Å². The van der Waals surface area contributed by atoms with Crippen molar-refractivity contribution < 1.29 is 14.3 Å². The largest absolute Gasteiger partial charge is 0.449 e. The Balaban J connectivity index is 1.82. The van der Waals surface area contributed by atoms with Gasteiger partial charge in [-0.3, -0.25) is 4.79 Å². The Morgan fingerprint density at radius 1 is 1.12 bits per heavy atom. The first-order valence-corrected chi connectivity index (χ1v) is 8.55. The fraction of sp³-hybridized carbons (Fsp3) is 0.286. The molecule has 26 heavy (non-hydrogen) atoms. The van der Waals surface area contributed by atoms with Gasteiger partial charge in [0, 0.05) is 6.04 Å². The monoisotopic (exact) mass is 350 g/mol. The lowest BCUT2D eigenvalue weighted by molar-refractivity contribution is -0.129. The summed E-state index contributed by atoms with van der Waals surface area (Å²) in [6.07, 6.45) is 0.741.